The van der Waals surface area contributed by atoms with Crippen LogP contribution in [-0.2, 0) is 10.0 Å². The van der Waals surface area contributed by atoms with Crippen LogP contribution in [0.5, 0.6) is 5.75 Å². The highest BCUT2D eigenvalue weighted by molar-refractivity contribution is 7.89. The van der Waals surface area contributed by atoms with Crippen LogP contribution in [0.25, 0.3) is 0 Å². The second-order valence-corrected chi connectivity index (χ2v) is 8.10. The summed E-state index contributed by atoms with van der Waals surface area (Å²) in [5.74, 6) is 1.11. The van der Waals surface area contributed by atoms with Crippen LogP contribution in [0.2, 0.25) is 0 Å². The molecule has 0 atom stereocenters. The quantitative estimate of drug-likeness (QED) is 0.828. The van der Waals surface area contributed by atoms with E-state index in [0.29, 0.717) is 35.8 Å². The average Bonchev–Trinajstić information content (AvgIpc) is 2.54. The molecule has 23 heavy (non-hydrogen) atoms. The van der Waals surface area contributed by atoms with Gasteiger partial charge in [0.05, 0.1) is 11.5 Å². The van der Waals surface area contributed by atoms with E-state index >= 15 is 0 Å². The highest BCUT2D eigenvalue weighted by Crippen LogP contribution is 2.20. The van der Waals surface area contributed by atoms with E-state index in [1.807, 2.05) is 6.92 Å². The van der Waals surface area contributed by atoms with E-state index in [1.54, 1.807) is 24.3 Å². The number of likely N-dealkylation sites (tertiary alicyclic amines) is 1. The molecule has 5 nitrogen and oxygen atoms in total. The van der Waals surface area contributed by atoms with Crippen molar-refractivity contribution in [2.75, 3.05) is 26.2 Å². The number of rotatable bonds is 7. The number of hydrogen-bond acceptors (Lipinski definition) is 4. The van der Waals surface area contributed by atoms with Crippen molar-refractivity contribution in [3.63, 3.8) is 0 Å². The molecule has 0 radical (unpaired) electrons. The Morgan fingerprint density at radius 3 is 2.35 bits per heavy atom. The minimum Gasteiger partial charge on any atom is -0.494 e. The molecule has 0 aliphatic carbocycles. The second-order valence-electron chi connectivity index (χ2n) is 6.33. The number of sulfonamides is 1. The number of piperidine rings is 1. The minimum absolute atomic E-state index is 0.292. The highest BCUT2D eigenvalue weighted by atomic mass is 32.2. The maximum absolute atomic E-state index is 12.4. The fourth-order valence-electron chi connectivity index (χ4n) is 2.87. The average molecular weight is 340 g/mol. The predicted molar refractivity (Wildman–Crippen MR) is 92.2 cm³/mol. The van der Waals surface area contributed by atoms with E-state index in [9.17, 15) is 8.42 Å². The van der Waals surface area contributed by atoms with E-state index in [1.165, 1.54) is 0 Å². The number of benzene rings is 1. The third-order valence-electron chi connectivity index (χ3n) is 4.39. The fraction of sp³-hybridized carbons (Fsp3) is 0.647. The molecule has 1 aromatic carbocycles. The lowest BCUT2D eigenvalue weighted by Gasteiger charge is -2.34. The molecule has 0 bridgehead atoms. The molecule has 1 aromatic rings. The Kier molecular flexibility index (Phi) is 6.44. The van der Waals surface area contributed by atoms with Crippen molar-refractivity contribution in [2.45, 2.75) is 44.6 Å². The van der Waals surface area contributed by atoms with Crippen molar-refractivity contribution in [1.82, 2.24) is 9.62 Å². The van der Waals surface area contributed by atoms with Crippen LogP contribution < -0.4 is 9.46 Å². The van der Waals surface area contributed by atoms with Gasteiger partial charge in [-0.2, -0.15) is 0 Å². The maximum atomic E-state index is 12.4. The van der Waals surface area contributed by atoms with Gasteiger partial charge in [-0.25, -0.2) is 13.1 Å². The van der Waals surface area contributed by atoms with Gasteiger partial charge in [0.25, 0.3) is 0 Å². The summed E-state index contributed by atoms with van der Waals surface area (Å²) < 4.78 is 32.8. The molecule has 130 valence electrons. The fourth-order valence-corrected chi connectivity index (χ4v) is 3.98. The molecule has 0 amide bonds. The molecule has 1 N–H and O–H groups in total. The summed E-state index contributed by atoms with van der Waals surface area (Å²) in [5.41, 5.74) is 0. The van der Waals surface area contributed by atoms with E-state index in [0.717, 1.165) is 25.9 Å². The molecule has 1 aliphatic rings. The maximum Gasteiger partial charge on any atom is 0.240 e. The summed E-state index contributed by atoms with van der Waals surface area (Å²) in [7, 11) is -3.44. The predicted octanol–water partition coefficient (Wildman–Crippen LogP) is 2.48. The smallest absolute Gasteiger partial charge is 0.240 e. The molecular weight excluding hydrogens is 312 g/mol. The van der Waals surface area contributed by atoms with Gasteiger partial charge < -0.3 is 9.64 Å². The molecule has 1 fully saturated rings. The van der Waals surface area contributed by atoms with Crippen LogP contribution in [0.15, 0.2) is 29.2 Å². The molecule has 6 heteroatoms. The Morgan fingerprint density at radius 1 is 1.22 bits per heavy atom. The van der Waals surface area contributed by atoms with Crippen LogP contribution >= 0.6 is 0 Å². The first kappa shape index (κ1) is 18.2. The number of nitrogens with one attached hydrogen (secondary N) is 1. The first-order valence-corrected chi connectivity index (χ1v) is 9.87. The monoisotopic (exact) mass is 340 g/mol. The summed E-state index contributed by atoms with van der Waals surface area (Å²) in [6.07, 6.45) is 2.09. The number of ether oxygens (including phenoxy) is 1. The normalized spacial score (nSPS) is 17.6. The summed E-state index contributed by atoms with van der Waals surface area (Å²) in [4.78, 5) is 2.73. The van der Waals surface area contributed by atoms with Crippen molar-refractivity contribution in [3.05, 3.63) is 24.3 Å². The van der Waals surface area contributed by atoms with Gasteiger partial charge in [-0.05, 0) is 76.9 Å². The van der Waals surface area contributed by atoms with Gasteiger partial charge in [0.15, 0.2) is 0 Å². The lowest BCUT2D eigenvalue weighted by Crippen LogP contribution is -2.41. The lowest BCUT2D eigenvalue weighted by atomic mass is 9.96. The zero-order valence-electron chi connectivity index (χ0n) is 14.3. The van der Waals surface area contributed by atoms with Crippen molar-refractivity contribution >= 4 is 10.0 Å². The Hall–Kier alpha value is -1.11. The summed E-state index contributed by atoms with van der Waals surface area (Å²) >= 11 is 0. The van der Waals surface area contributed by atoms with E-state index in [-0.39, 0.29) is 0 Å². The van der Waals surface area contributed by atoms with Crippen LogP contribution in [0.4, 0.5) is 0 Å². The van der Waals surface area contributed by atoms with Gasteiger partial charge in [-0.15, -0.1) is 0 Å². The molecule has 0 aromatic heterocycles. The van der Waals surface area contributed by atoms with Crippen molar-refractivity contribution < 1.29 is 13.2 Å². The SMILES string of the molecule is CCOc1ccc(S(=O)(=O)NCC2CCN(C(C)C)CC2)cc1. The first-order chi connectivity index (χ1) is 10.9. The Balaban J connectivity index is 1.87. The largest absolute Gasteiger partial charge is 0.494 e. The third-order valence-corrected chi connectivity index (χ3v) is 5.83. The lowest BCUT2D eigenvalue weighted by molar-refractivity contribution is 0.151. The van der Waals surface area contributed by atoms with Gasteiger partial charge in [0, 0.05) is 12.6 Å². The summed E-state index contributed by atoms with van der Waals surface area (Å²) in [6, 6.07) is 7.14. The Labute approximate surface area is 140 Å². The van der Waals surface area contributed by atoms with Crippen LogP contribution in [0, 0.1) is 5.92 Å². The molecular formula is C17H28N2O3S. The van der Waals surface area contributed by atoms with E-state index < -0.39 is 10.0 Å². The molecule has 1 aliphatic heterocycles. The van der Waals surface area contributed by atoms with E-state index in [4.69, 9.17) is 4.74 Å². The van der Waals surface area contributed by atoms with E-state index in [2.05, 4.69) is 23.5 Å². The number of nitrogens with zero attached hydrogens (tertiary/aromatic N) is 1. The van der Waals surface area contributed by atoms with Crippen LogP contribution in [0.1, 0.15) is 33.6 Å². The Bertz CT molecular complexity index is 576. The van der Waals surface area contributed by atoms with Gasteiger partial charge >= 0.3 is 0 Å². The molecule has 0 saturated carbocycles. The van der Waals surface area contributed by atoms with Crippen molar-refractivity contribution in [3.8, 4) is 5.75 Å². The second kappa shape index (κ2) is 8.13. The molecule has 0 spiro atoms. The van der Waals surface area contributed by atoms with Gasteiger partial charge in [0.2, 0.25) is 10.0 Å². The molecule has 2 rings (SSSR count). The van der Waals surface area contributed by atoms with Crippen molar-refractivity contribution in [1.29, 1.82) is 0 Å². The Morgan fingerprint density at radius 2 is 1.83 bits per heavy atom. The van der Waals surface area contributed by atoms with Gasteiger partial charge in [-0.1, -0.05) is 0 Å². The first-order valence-electron chi connectivity index (χ1n) is 8.39. The minimum atomic E-state index is -3.44. The highest BCUT2D eigenvalue weighted by Gasteiger charge is 2.23. The van der Waals surface area contributed by atoms with Crippen LogP contribution in [-0.4, -0.2) is 45.6 Å². The topological polar surface area (TPSA) is 58.6 Å². The van der Waals surface area contributed by atoms with Crippen molar-refractivity contribution in [2.24, 2.45) is 5.92 Å². The van der Waals surface area contributed by atoms with Crippen LogP contribution in [0.3, 0.4) is 0 Å². The molecule has 1 saturated heterocycles. The molecule has 1 heterocycles. The third kappa shape index (κ3) is 5.19. The zero-order chi connectivity index (χ0) is 16.9. The van der Waals surface area contributed by atoms with Gasteiger partial charge in [-0.3, -0.25) is 0 Å². The summed E-state index contributed by atoms with van der Waals surface area (Å²) in [5, 5.41) is 0. The summed E-state index contributed by atoms with van der Waals surface area (Å²) in [6.45, 7) is 9.49. The molecule has 0 unspecified atom stereocenters. The number of hydrogen-bond donors (Lipinski definition) is 1. The standard InChI is InChI=1S/C17H28N2O3S/c1-4-22-16-5-7-17(8-6-16)23(20,21)18-13-15-9-11-19(12-10-15)14(2)3/h5-8,14-15,18H,4,9-13H2,1-3H3. The van der Waals surface area contributed by atoms with Gasteiger partial charge in [0.1, 0.15) is 5.75 Å². The zero-order valence-corrected chi connectivity index (χ0v) is 15.1.